The van der Waals surface area contributed by atoms with Crippen molar-refractivity contribution in [2.24, 2.45) is 0 Å². The van der Waals surface area contributed by atoms with Gasteiger partial charge in [-0.3, -0.25) is 0 Å². The zero-order valence-corrected chi connectivity index (χ0v) is 17.8. The first-order valence-corrected chi connectivity index (χ1v) is 10.5. The fourth-order valence-electron chi connectivity index (χ4n) is 2.83. The lowest BCUT2D eigenvalue weighted by Gasteiger charge is -2.21. The van der Waals surface area contributed by atoms with Crippen molar-refractivity contribution in [2.45, 2.75) is 41.1 Å². The van der Waals surface area contributed by atoms with Crippen LogP contribution >= 0.6 is 0 Å². The second-order valence-corrected chi connectivity index (χ2v) is 9.47. The minimum atomic E-state index is -0.507. The van der Waals surface area contributed by atoms with E-state index in [2.05, 4.69) is 0 Å². The van der Waals surface area contributed by atoms with Crippen LogP contribution in [0.15, 0.2) is 87.5 Å². The first-order chi connectivity index (χ1) is 13.8. The molecule has 0 heterocycles. The van der Waals surface area contributed by atoms with Crippen molar-refractivity contribution in [1.82, 2.24) is 0 Å². The molecule has 3 aromatic rings. The van der Waals surface area contributed by atoms with Crippen LogP contribution in [0.2, 0.25) is 0 Å². The molecule has 0 radical (unpaired) electrons. The Balaban J connectivity index is 2.08. The lowest BCUT2D eigenvalue weighted by atomic mass is 10.2. The Bertz CT molecular complexity index is 979. The van der Waals surface area contributed by atoms with Crippen molar-refractivity contribution in [3.8, 4) is 5.75 Å². The smallest absolute Gasteiger partial charge is 0.337 e. The molecule has 0 fully saturated rings. The van der Waals surface area contributed by atoms with Crippen LogP contribution in [-0.2, 0) is 15.6 Å². The Kier molecular flexibility index (Phi) is 6.28. The molecule has 3 aromatic carbocycles. The summed E-state index contributed by atoms with van der Waals surface area (Å²) in [4.78, 5) is 14.8. The number of hydrogen-bond donors (Lipinski definition) is 0. The van der Waals surface area contributed by atoms with Crippen LogP contribution < -0.4 is 4.74 Å². The zero-order valence-electron chi connectivity index (χ0n) is 16.9. The minimum Gasteiger partial charge on any atom is -0.485 e. The highest BCUT2D eigenvalue weighted by molar-refractivity contribution is 7.97. The quantitative estimate of drug-likeness (QED) is 0.388. The molecule has 0 saturated carbocycles. The molecule has 0 aromatic heterocycles. The topological polar surface area (TPSA) is 35.5 Å². The van der Waals surface area contributed by atoms with Crippen LogP contribution in [-0.4, -0.2) is 18.7 Å². The number of benzene rings is 3. The Labute approximate surface area is 173 Å². The Morgan fingerprint density at radius 3 is 2.03 bits per heavy atom. The summed E-state index contributed by atoms with van der Waals surface area (Å²) in [5, 5.41) is 0. The third kappa shape index (κ3) is 5.18. The lowest BCUT2D eigenvalue weighted by Crippen LogP contribution is -2.23. The average Bonchev–Trinajstić information content (AvgIpc) is 2.70. The van der Waals surface area contributed by atoms with Gasteiger partial charge in [0.05, 0.1) is 23.6 Å². The second kappa shape index (κ2) is 8.70. The molecular weight excluding hydrogens is 387 g/mol. The van der Waals surface area contributed by atoms with E-state index in [1.807, 2.05) is 63.2 Å². The van der Waals surface area contributed by atoms with Gasteiger partial charge in [-0.05, 0) is 69.3 Å². The van der Waals surface area contributed by atoms with Gasteiger partial charge >= 0.3 is 5.97 Å². The SMILES string of the molecule is COC(=O)c1ccc([S+](c2ccccc2)c2ccc(F)c(OC(C)(C)C)c2)cc1. The van der Waals surface area contributed by atoms with E-state index < -0.39 is 16.5 Å². The number of carbonyl (C=O) groups excluding carboxylic acids is 1. The summed E-state index contributed by atoms with van der Waals surface area (Å²) in [6.07, 6.45) is 0. The maximum Gasteiger partial charge on any atom is 0.337 e. The normalized spacial score (nSPS) is 12.3. The van der Waals surface area contributed by atoms with Crippen LogP contribution in [0, 0.1) is 5.82 Å². The van der Waals surface area contributed by atoms with Crippen molar-refractivity contribution >= 4 is 16.9 Å². The third-order valence-corrected chi connectivity index (χ3v) is 6.26. The summed E-state index contributed by atoms with van der Waals surface area (Å²) in [5.41, 5.74) is -0.0174. The zero-order chi connectivity index (χ0) is 21.0. The van der Waals surface area contributed by atoms with Gasteiger partial charge in [-0.2, -0.15) is 0 Å². The number of halogens is 1. The van der Waals surface area contributed by atoms with Gasteiger partial charge in [-0.25, -0.2) is 9.18 Å². The molecule has 1 atom stereocenters. The van der Waals surface area contributed by atoms with E-state index >= 15 is 0 Å². The molecule has 29 heavy (non-hydrogen) atoms. The summed E-state index contributed by atoms with van der Waals surface area (Å²) in [6.45, 7) is 5.67. The summed E-state index contributed by atoms with van der Waals surface area (Å²) in [5.74, 6) is -0.533. The number of esters is 1. The number of methoxy groups -OCH3 is 1. The molecule has 3 nitrogen and oxygen atoms in total. The maximum absolute atomic E-state index is 14.4. The summed E-state index contributed by atoms with van der Waals surface area (Å²) in [6, 6.07) is 22.3. The van der Waals surface area contributed by atoms with Crippen molar-refractivity contribution in [3.05, 3.63) is 84.2 Å². The van der Waals surface area contributed by atoms with Gasteiger partial charge in [0, 0.05) is 6.07 Å². The van der Waals surface area contributed by atoms with Gasteiger partial charge < -0.3 is 9.47 Å². The first-order valence-electron chi connectivity index (χ1n) is 9.25. The number of ether oxygens (including phenoxy) is 2. The van der Waals surface area contributed by atoms with Crippen molar-refractivity contribution < 1.29 is 18.7 Å². The Morgan fingerprint density at radius 2 is 1.45 bits per heavy atom. The summed E-state index contributed by atoms with van der Waals surface area (Å²) >= 11 is 0. The van der Waals surface area contributed by atoms with E-state index in [9.17, 15) is 9.18 Å². The van der Waals surface area contributed by atoms with Gasteiger partial charge in [0.15, 0.2) is 26.3 Å². The van der Waals surface area contributed by atoms with Crippen LogP contribution in [0.5, 0.6) is 5.75 Å². The molecule has 0 spiro atoms. The summed E-state index contributed by atoms with van der Waals surface area (Å²) < 4.78 is 25.0. The van der Waals surface area contributed by atoms with Gasteiger partial charge in [0.25, 0.3) is 0 Å². The van der Waals surface area contributed by atoms with Crippen molar-refractivity contribution in [3.63, 3.8) is 0 Å². The molecule has 0 saturated heterocycles. The molecule has 0 aliphatic heterocycles. The van der Waals surface area contributed by atoms with Gasteiger partial charge in [0.2, 0.25) is 0 Å². The predicted molar refractivity (Wildman–Crippen MR) is 113 cm³/mol. The lowest BCUT2D eigenvalue weighted by molar-refractivity contribution is 0.0600. The average molecular weight is 412 g/mol. The number of rotatable bonds is 5. The van der Waals surface area contributed by atoms with Crippen molar-refractivity contribution in [1.29, 1.82) is 0 Å². The largest absolute Gasteiger partial charge is 0.485 e. The monoisotopic (exact) mass is 411 g/mol. The highest BCUT2D eigenvalue weighted by Crippen LogP contribution is 2.34. The van der Waals surface area contributed by atoms with Crippen LogP contribution in [0.1, 0.15) is 31.1 Å². The Hall–Kier alpha value is -2.79. The molecular formula is C24H24FO3S+. The van der Waals surface area contributed by atoms with Crippen LogP contribution in [0.3, 0.4) is 0 Å². The third-order valence-electron chi connectivity index (χ3n) is 4.04. The van der Waals surface area contributed by atoms with E-state index in [0.29, 0.717) is 5.56 Å². The van der Waals surface area contributed by atoms with Crippen LogP contribution in [0.4, 0.5) is 4.39 Å². The van der Waals surface area contributed by atoms with Gasteiger partial charge in [-0.15, -0.1) is 0 Å². The maximum atomic E-state index is 14.4. The molecule has 0 N–H and O–H groups in total. The predicted octanol–water partition coefficient (Wildman–Crippen LogP) is 5.89. The van der Waals surface area contributed by atoms with E-state index in [1.54, 1.807) is 24.3 Å². The van der Waals surface area contributed by atoms with E-state index in [0.717, 1.165) is 14.7 Å². The van der Waals surface area contributed by atoms with E-state index in [-0.39, 0.29) is 17.5 Å². The van der Waals surface area contributed by atoms with Crippen molar-refractivity contribution in [2.75, 3.05) is 7.11 Å². The van der Waals surface area contributed by atoms with E-state index in [1.165, 1.54) is 13.2 Å². The molecule has 5 heteroatoms. The fraction of sp³-hybridized carbons (Fsp3) is 0.208. The fourth-order valence-corrected chi connectivity index (χ4v) is 4.91. The highest BCUT2D eigenvalue weighted by atomic mass is 32.2. The number of carbonyl (C=O) groups is 1. The highest BCUT2D eigenvalue weighted by Gasteiger charge is 2.30. The molecule has 0 bridgehead atoms. The molecule has 0 amide bonds. The summed E-state index contributed by atoms with van der Waals surface area (Å²) in [7, 11) is 0.877. The van der Waals surface area contributed by atoms with Gasteiger partial charge in [0.1, 0.15) is 5.60 Å². The molecule has 3 rings (SSSR count). The molecule has 1 unspecified atom stereocenters. The Morgan fingerprint density at radius 1 is 0.862 bits per heavy atom. The second-order valence-electron chi connectivity index (χ2n) is 7.44. The molecule has 150 valence electrons. The number of hydrogen-bond acceptors (Lipinski definition) is 3. The first kappa shape index (κ1) is 20.9. The van der Waals surface area contributed by atoms with Gasteiger partial charge in [-0.1, -0.05) is 18.2 Å². The standard InChI is InChI=1S/C24H24FO3S/c1-24(2,3)28-22-16-20(14-15-21(22)25)29(18-8-6-5-7-9-18)19-12-10-17(11-13-19)23(26)27-4/h5-16H,1-4H3/q+1. The van der Waals surface area contributed by atoms with Crippen LogP contribution in [0.25, 0.3) is 0 Å². The minimum absolute atomic E-state index is 0.231. The molecule has 0 aliphatic carbocycles. The van der Waals surface area contributed by atoms with E-state index in [4.69, 9.17) is 9.47 Å². The molecule has 0 aliphatic rings.